The molecule has 2 aliphatic heterocycles. The van der Waals surface area contributed by atoms with E-state index in [-0.39, 0.29) is 53.6 Å². The lowest BCUT2D eigenvalue weighted by Crippen LogP contribution is -2.48. The van der Waals surface area contributed by atoms with Gasteiger partial charge in [-0.05, 0) is 87.9 Å². The lowest BCUT2D eigenvalue weighted by molar-refractivity contribution is -0.157. The number of ether oxygens (including phenoxy) is 3. The molecule has 0 saturated carbocycles. The van der Waals surface area contributed by atoms with E-state index in [1.165, 1.54) is 19.9 Å². The summed E-state index contributed by atoms with van der Waals surface area (Å²) in [7, 11) is -4.37. The van der Waals surface area contributed by atoms with E-state index in [9.17, 15) is 30.0 Å². The highest BCUT2D eigenvalue weighted by molar-refractivity contribution is 6.74. The molecule has 2 heterocycles. The van der Waals surface area contributed by atoms with Crippen LogP contribution in [0, 0.1) is 11.8 Å². The van der Waals surface area contributed by atoms with E-state index < -0.39 is 76.2 Å². The van der Waals surface area contributed by atoms with Crippen molar-refractivity contribution < 1.29 is 53.1 Å². The summed E-state index contributed by atoms with van der Waals surface area (Å²) < 4.78 is 31.1. The summed E-state index contributed by atoms with van der Waals surface area (Å²) in [5, 5.41) is 45.6. The lowest BCUT2D eigenvalue weighted by atomic mass is 9.85. The zero-order chi connectivity index (χ0) is 42.7. The molecular formula is C42H78O11Si2. The van der Waals surface area contributed by atoms with Gasteiger partial charge in [0.25, 0.3) is 0 Å². The Morgan fingerprint density at radius 1 is 1.04 bits per heavy atom. The van der Waals surface area contributed by atoms with Gasteiger partial charge in [0.05, 0.1) is 30.3 Å². The lowest BCUT2D eigenvalue weighted by Gasteiger charge is -2.40. The number of esters is 2. The largest absolute Gasteiger partial charge is 0.457 e. The molecule has 4 N–H and O–H groups in total. The molecule has 0 spiro atoms. The first kappa shape index (κ1) is 49.7. The Labute approximate surface area is 334 Å². The predicted octanol–water partition coefficient (Wildman–Crippen LogP) is 7.36. The highest BCUT2D eigenvalue weighted by Crippen LogP contribution is 2.43. The average Bonchev–Trinajstić information content (AvgIpc) is 3.78. The van der Waals surface area contributed by atoms with Gasteiger partial charge in [-0.3, -0.25) is 9.59 Å². The Morgan fingerprint density at radius 2 is 1.60 bits per heavy atom. The van der Waals surface area contributed by atoms with Crippen molar-refractivity contribution in [2.75, 3.05) is 0 Å². The van der Waals surface area contributed by atoms with E-state index in [1.54, 1.807) is 26.0 Å². The number of aliphatic hydroxyl groups is 4. The van der Waals surface area contributed by atoms with Crippen LogP contribution in [0.1, 0.15) is 122 Å². The van der Waals surface area contributed by atoms with Crippen molar-refractivity contribution in [3.63, 3.8) is 0 Å². The number of epoxide rings is 1. The molecule has 320 valence electrons. The molecule has 13 heteroatoms. The highest BCUT2D eigenvalue weighted by atomic mass is 28.4. The van der Waals surface area contributed by atoms with Gasteiger partial charge in [0, 0.05) is 31.3 Å². The van der Waals surface area contributed by atoms with Crippen molar-refractivity contribution >= 4 is 28.6 Å². The van der Waals surface area contributed by atoms with Crippen LogP contribution in [0.5, 0.6) is 0 Å². The number of aliphatic hydroxyl groups excluding tert-OH is 2. The molecule has 2 aliphatic rings. The first-order chi connectivity index (χ1) is 24.8. The van der Waals surface area contributed by atoms with Gasteiger partial charge in [0.15, 0.2) is 16.6 Å². The first-order valence-corrected chi connectivity index (χ1v) is 26.1. The van der Waals surface area contributed by atoms with Crippen molar-refractivity contribution in [2.24, 2.45) is 11.8 Å². The van der Waals surface area contributed by atoms with Crippen LogP contribution >= 0.6 is 0 Å². The van der Waals surface area contributed by atoms with Gasteiger partial charge < -0.3 is 43.5 Å². The summed E-state index contributed by atoms with van der Waals surface area (Å²) in [5.41, 5.74) is -2.71. The normalized spacial score (nSPS) is 31.2. The number of carbonyl (C=O) groups excluding carboxylic acids is 2. The van der Waals surface area contributed by atoms with Crippen molar-refractivity contribution in [3.05, 3.63) is 23.8 Å². The summed E-state index contributed by atoms with van der Waals surface area (Å²) in [6.07, 6.45) is 0.144. The number of rotatable bonds is 14. The molecule has 12 atom stereocenters. The average molecular weight is 815 g/mol. The maximum absolute atomic E-state index is 13.6. The molecule has 0 aromatic heterocycles. The summed E-state index contributed by atoms with van der Waals surface area (Å²) >= 11 is 0. The van der Waals surface area contributed by atoms with E-state index in [1.807, 2.05) is 6.92 Å². The second kappa shape index (κ2) is 18.7. The Balaban J connectivity index is 2.33. The number of hydrogen-bond donors (Lipinski definition) is 4. The van der Waals surface area contributed by atoms with Crippen LogP contribution < -0.4 is 0 Å². The van der Waals surface area contributed by atoms with Crippen LogP contribution in [0.2, 0.25) is 36.3 Å². The molecule has 11 nitrogen and oxygen atoms in total. The number of cyclic esters (lactones) is 1. The minimum absolute atomic E-state index is 0.00374. The molecule has 55 heavy (non-hydrogen) atoms. The van der Waals surface area contributed by atoms with Gasteiger partial charge >= 0.3 is 11.9 Å². The Morgan fingerprint density at radius 3 is 2.11 bits per heavy atom. The molecule has 0 bridgehead atoms. The fourth-order valence-corrected chi connectivity index (χ4v) is 9.66. The number of hydrogen-bond acceptors (Lipinski definition) is 11. The van der Waals surface area contributed by atoms with E-state index in [4.69, 9.17) is 23.1 Å². The molecule has 2 rings (SSSR count). The van der Waals surface area contributed by atoms with Crippen LogP contribution in [0.15, 0.2) is 23.8 Å². The summed E-state index contributed by atoms with van der Waals surface area (Å²) in [4.78, 5) is 25.7. The Hall–Kier alpha value is -1.43. The summed E-state index contributed by atoms with van der Waals surface area (Å²) in [6.45, 7) is 33.7. The van der Waals surface area contributed by atoms with Gasteiger partial charge in [-0.2, -0.15) is 0 Å². The second-order valence-electron chi connectivity index (χ2n) is 20.0. The molecule has 0 aromatic carbocycles. The fourth-order valence-electron chi connectivity index (χ4n) is 6.78. The molecular weight excluding hydrogens is 737 g/mol. The van der Waals surface area contributed by atoms with Gasteiger partial charge in [-0.25, -0.2) is 0 Å². The molecule has 0 radical (unpaired) electrons. The fraction of sp³-hybridized carbons (Fsp3) is 0.857. The monoisotopic (exact) mass is 815 g/mol. The summed E-state index contributed by atoms with van der Waals surface area (Å²) in [6, 6.07) is 0. The van der Waals surface area contributed by atoms with E-state index >= 15 is 0 Å². The SMILES string of the molecule is CCC(O[Si](C)(C)C(C)(C)C)C(C)C1OC1CC(C)(O)C(O)C(O)C=C(C)C1OC(=O)CC(O[Si](C)(C)C(C)(C)C)CCC(C)(O)C(OC(C)=O)C=CC1C. The Kier molecular flexibility index (Phi) is 16.9. The van der Waals surface area contributed by atoms with Gasteiger partial charge in [-0.15, -0.1) is 0 Å². The standard InChI is InChI=1S/C42H78O11Si2/c1-18-32(53-55(16,17)40(9,10)11)28(4)37-33(50-37)25-42(13,48)38(46)31(44)23-27(3)36-26(2)19-20-34(49-29(5)43)41(12,47)22-21-30(24-35(45)51-36)52-54(14,15)39(6,7)8/h19-20,23,26,28,30-34,36-38,44,46-48H,18,21-22,24-25H2,1-17H3. The summed E-state index contributed by atoms with van der Waals surface area (Å²) in [5.74, 6) is -1.48. The van der Waals surface area contributed by atoms with E-state index in [0.29, 0.717) is 12.0 Å². The van der Waals surface area contributed by atoms with Crippen LogP contribution in [-0.2, 0) is 32.7 Å². The molecule has 0 aliphatic carbocycles. The van der Waals surface area contributed by atoms with E-state index in [2.05, 4.69) is 81.6 Å². The minimum Gasteiger partial charge on any atom is -0.457 e. The van der Waals surface area contributed by atoms with Gasteiger partial charge in [-0.1, -0.05) is 74.5 Å². The minimum atomic E-state index is -2.35. The maximum atomic E-state index is 13.6. The van der Waals surface area contributed by atoms with Crippen LogP contribution in [0.25, 0.3) is 0 Å². The van der Waals surface area contributed by atoms with Crippen molar-refractivity contribution in [1.29, 1.82) is 0 Å². The zero-order valence-electron chi connectivity index (χ0n) is 37.2. The molecule has 0 aromatic rings. The zero-order valence-corrected chi connectivity index (χ0v) is 39.2. The van der Waals surface area contributed by atoms with Crippen molar-refractivity contribution in [2.45, 2.75) is 218 Å². The van der Waals surface area contributed by atoms with Crippen molar-refractivity contribution in [3.8, 4) is 0 Å². The van der Waals surface area contributed by atoms with Crippen LogP contribution in [-0.4, -0.2) is 109 Å². The maximum Gasteiger partial charge on any atom is 0.308 e. The predicted molar refractivity (Wildman–Crippen MR) is 221 cm³/mol. The second-order valence-corrected chi connectivity index (χ2v) is 29.5. The number of carbonyl (C=O) groups is 2. The third-order valence-corrected chi connectivity index (χ3v) is 21.7. The third kappa shape index (κ3) is 13.8. The van der Waals surface area contributed by atoms with Crippen LogP contribution in [0.4, 0.5) is 0 Å². The van der Waals surface area contributed by atoms with Gasteiger partial charge in [0.1, 0.15) is 30.0 Å². The first-order valence-electron chi connectivity index (χ1n) is 20.3. The quantitative estimate of drug-likeness (QED) is 0.0600. The van der Waals surface area contributed by atoms with Gasteiger partial charge in [0.2, 0.25) is 0 Å². The molecule has 1 fully saturated rings. The smallest absolute Gasteiger partial charge is 0.308 e. The van der Waals surface area contributed by atoms with Crippen molar-refractivity contribution in [1.82, 2.24) is 0 Å². The molecule has 1 saturated heterocycles. The highest BCUT2D eigenvalue weighted by Gasteiger charge is 2.52. The van der Waals surface area contributed by atoms with Crippen LogP contribution in [0.3, 0.4) is 0 Å². The molecule has 12 unspecified atom stereocenters. The van der Waals surface area contributed by atoms with E-state index in [0.717, 1.165) is 6.42 Å². The topological polar surface area (TPSA) is 165 Å². The third-order valence-electron chi connectivity index (χ3n) is 12.7. The Bertz CT molecular complexity index is 1340. The molecule has 0 amide bonds.